The van der Waals surface area contributed by atoms with Crippen molar-refractivity contribution in [3.8, 4) is 0 Å². The first kappa shape index (κ1) is 10.8. The van der Waals surface area contributed by atoms with Crippen molar-refractivity contribution < 1.29 is 4.79 Å². The molecule has 2 aromatic rings. The summed E-state index contributed by atoms with van der Waals surface area (Å²) in [6.45, 7) is 1.73. The molecule has 0 aliphatic heterocycles. The van der Waals surface area contributed by atoms with Gasteiger partial charge in [0, 0.05) is 6.42 Å². The third kappa shape index (κ3) is 2.28. The van der Waals surface area contributed by atoms with Gasteiger partial charge in [-0.2, -0.15) is 0 Å². The second-order valence-electron chi connectivity index (χ2n) is 4.11. The Labute approximate surface area is 95.1 Å². The predicted molar refractivity (Wildman–Crippen MR) is 66.3 cm³/mol. The molecule has 0 aromatic heterocycles. The number of ketones is 1. The Balaban J connectivity index is 2.29. The summed E-state index contributed by atoms with van der Waals surface area (Å²) in [5.74, 6) is 0.0790. The van der Waals surface area contributed by atoms with Gasteiger partial charge in [-0.05, 0) is 23.3 Å². The van der Waals surface area contributed by atoms with Crippen LogP contribution in [0.3, 0.4) is 0 Å². The lowest BCUT2D eigenvalue weighted by atomic mass is 10.0. The largest absolute Gasteiger partial charge is 0.322 e. The lowest BCUT2D eigenvalue weighted by molar-refractivity contribution is -0.119. The number of carbonyl (C=O) groups excluding carboxylic acids is 1. The van der Waals surface area contributed by atoms with Crippen molar-refractivity contribution >= 4 is 16.6 Å². The molecule has 2 aromatic carbocycles. The molecule has 1 unspecified atom stereocenters. The van der Waals surface area contributed by atoms with E-state index in [-0.39, 0.29) is 11.8 Å². The Morgan fingerprint density at radius 2 is 1.88 bits per heavy atom. The molecular weight excluding hydrogens is 198 g/mol. The van der Waals surface area contributed by atoms with Gasteiger partial charge in [0.2, 0.25) is 0 Å². The van der Waals surface area contributed by atoms with E-state index in [4.69, 9.17) is 5.73 Å². The molecule has 0 heterocycles. The van der Waals surface area contributed by atoms with Crippen LogP contribution in [0.1, 0.15) is 12.5 Å². The molecule has 2 N–H and O–H groups in total. The van der Waals surface area contributed by atoms with Gasteiger partial charge >= 0.3 is 0 Å². The second kappa shape index (κ2) is 4.45. The molecule has 0 amide bonds. The quantitative estimate of drug-likeness (QED) is 0.850. The highest BCUT2D eigenvalue weighted by molar-refractivity contribution is 5.88. The van der Waals surface area contributed by atoms with Crippen LogP contribution < -0.4 is 5.73 Å². The smallest absolute Gasteiger partial charge is 0.153 e. The van der Waals surface area contributed by atoms with Crippen molar-refractivity contribution in [1.29, 1.82) is 0 Å². The van der Waals surface area contributed by atoms with E-state index in [9.17, 15) is 4.79 Å². The number of Topliss-reactive ketones (excluding diaryl/α,β-unsaturated/α-hetero) is 1. The number of hydrogen-bond donors (Lipinski definition) is 1. The van der Waals surface area contributed by atoms with Crippen LogP contribution in [0.5, 0.6) is 0 Å². The van der Waals surface area contributed by atoms with Gasteiger partial charge in [-0.3, -0.25) is 4.79 Å². The SMILES string of the molecule is CC(N)C(=O)Cc1ccc2ccccc2c1. The predicted octanol–water partition coefficient (Wildman–Crippen LogP) is 2.30. The minimum Gasteiger partial charge on any atom is -0.322 e. The van der Waals surface area contributed by atoms with E-state index in [2.05, 4.69) is 18.2 Å². The highest BCUT2D eigenvalue weighted by atomic mass is 16.1. The van der Waals surface area contributed by atoms with Gasteiger partial charge in [0.05, 0.1) is 6.04 Å². The van der Waals surface area contributed by atoms with E-state index in [1.165, 1.54) is 5.39 Å². The maximum Gasteiger partial charge on any atom is 0.153 e. The van der Waals surface area contributed by atoms with Crippen LogP contribution in [-0.2, 0) is 11.2 Å². The van der Waals surface area contributed by atoms with Gasteiger partial charge in [0.15, 0.2) is 5.78 Å². The van der Waals surface area contributed by atoms with E-state index >= 15 is 0 Å². The van der Waals surface area contributed by atoms with E-state index in [0.717, 1.165) is 10.9 Å². The van der Waals surface area contributed by atoms with Gasteiger partial charge in [0.1, 0.15) is 0 Å². The fraction of sp³-hybridized carbons (Fsp3) is 0.214. The molecule has 82 valence electrons. The van der Waals surface area contributed by atoms with Crippen LogP contribution in [0.25, 0.3) is 10.8 Å². The third-order valence-electron chi connectivity index (χ3n) is 2.70. The van der Waals surface area contributed by atoms with Crippen molar-refractivity contribution in [2.75, 3.05) is 0 Å². The molecular formula is C14H15NO. The van der Waals surface area contributed by atoms with Crippen LogP contribution >= 0.6 is 0 Å². The van der Waals surface area contributed by atoms with Crippen molar-refractivity contribution in [2.45, 2.75) is 19.4 Å². The van der Waals surface area contributed by atoms with Gasteiger partial charge in [-0.25, -0.2) is 0 Å². The van der Waals surface area contributed by atoms with E-state index in [1.54, 1.807) is 6.92 Å². The van der Waals surface area contributed by atoms with Gasteiger partial charge in [0.25, 0.3) is 0 Å². The minimum absolute atomic E-state index is 0.0790. The average molecular weight is 213 g/mol. The van der Waals surface area contributed by atoms with E-state index in [1.807, 2.05) is 24.3 Å². The fourth-order valence-electron chi connectivity index (χ4n) is 1.71. The summed E-state index contributed by atoms with van der Waals surface area (Å²) < 4.78 is 0. The molecule has 0 aliphatic carbocycles. The molecule has 2 rings (SSSR count). The maximum atomic E-state index is 11.5. The molecule has 2 nitrogen and oxygen atoms in total. The minimum atomic E-state index is -0.383. The molecule has 0 radical (unpaired) electrons. The number of carbonyl (C=O) groups is 1. The molecule has 0 spiro atoms. The molecule has 0 aliphatic rings. The molecule has 1 atom stereocenters. The zero-order valence-corrected chi connectivity index (χ0v) is 9.31. The number of rotatable bonds is 3. The summed E-state index contributed by atoms with van der Waals surface area (Å²) >= 11 is 0. The lowest BCUT2D eigenvalue weighted by Crippen LogP contribution is -2.28. The normalized spacial score (nSPS) is 12.6. The van der Waals surface area contributed by atoms with E-state index in [0.29, 0.717) is 6.42 Å². The van der Waals surface area contributed by atoms with Gasteiger partial charge < -0.3 is 5.73 Å². The Morgan fingerprint density at radius 1 is 1.19 bits per heavy atom. The standard InChI is InChI=1S/C14H15NO/c1-10(15)14(16)9-11-6-7-12-4-2-3-5-13(12)8-11/h2-8,10H,9,15H2,1H3. The second-order valence-corrected chi connectivity index (χ2v) is 4.11. The highest BCUT2D eigenvalue weighted by Gasteiger charge is 2.08. The number of hydrogen-bond acceptors (Lipinski definition) is 2. The summed E-state index contributed by atoms with van der Waals surface area (Å²) in [5.41, 5.74) is 6.58. The van der Waals surface area contributed by atoms with Crippen LogP contribution in [0.4, 0.5) is 0 Å². The molecule has 16 heavy (non-hydrogen) atoms. The zero-order valence-electron chi connectivity index (χ0n) is 9.31. The molecule has 0 saturated heterocycles. The Hall–Kier alpha value is -1.67. The average Bonchev–Trinajstić information content (AvgIpc) is 2.28. The first-order valence-corrected chi connectivity index (χ1v) is 5.43. The summed E-state index contributed by atoms with van der Waals surface area (Å²) in [6.07, 6.45) is 0.419. The summed E-state index contributed by atoms with van der Waals surface area (Å²) in [4.78, 5) is 11.5. The highest BCUT2D eigenvalue weighted by Crippen LogP contribution is 2.16. The van der Waals surface area contributed by atoms with E-state index < -0.39 is 0 Å². The molecule has 0 bridgehead atoms. The number of nitrogens with two attached hydrogens (primary N) is 1. The van der Waals surface area contributed by atoms with Crippen molar-refractivity contribution in [3.05, 3.63) is 48.0 Å². The van der Waals surface area contributed by atoms with Crippen molar-refractivity contribution in [2.24, 2.45) is 5.73 Å². The molecule has 2 heteroatoms. The lowest BCUT2D eigenvalue weighted by Gasteiger charge is -2.05. The summed E-state index contributed by atoms with van der Waals surface area (Å²) in [6, 6.07) is 13.8. The van der Waals surface area contributed by atoms with Crippen LogP contribution in [0.2, 0.25) is 0 Å². The van der Waals surface area contributed by atoms with Crippen LogP contribution in [-0.4, -0.2) is 11.8 Å². The monoisotopic (exact) mass is 213 g/mol. The zero-order chi connectivity index (χ0) is 11.5. The molecule has 0 fully saturated rings. The first-order valence-electron chi connectivity index (χ1n) is 5.43. The van der Waals surface area contributed by atoms with Gasteiger partial charge in [-0.1, -0.05) is 42.5 Å². The maximum absolute atomic E-state index is 11.5. The third-order valence-corrected chi connectivity index (χ3v) is 2.70. The molecule has 0 saturated carbocycles. The van der Waals surface area contributed by atoms with Gasteiger partial charge in [-0.15, -0.1) is 0 Å². The fourth-order valence-corrected chi connectivity index (χ4v) is 1.71. The Morgan fingerprint density at radius 3 is 2.56 bits per heavy atom. The summed E-state index contributed by atoms with van der Waals surface area (Å²) in [7, 11) is 0. The van der Waals surface area contributed by atoms with Crippen LogP contribution in [0, 0.1) is 0 Å². The van der Waals surface area contributed by atoms with Crippen molar-refractivity contribution in [3.63, 3.8) is 0 Å². The number of benzene rings is 2. The van der Waals surface area contributed by atoms with Crippen molar-refractivity contribution in [1.82, 2.24) is 0 Å². The summed E-state index contributed by atoms with van der Waals surface area (Å²) in [5, 5.41) is 2.36. The number of fused-ring (bicyclic) bond motifs is 1. The topological polar surface area (TPSA) is 43.1 Å². The Kier molecular flexibility index (Phi) is 3.02. The Bertz CT molecular complexity index is 517. The first-order chi connectivity index (χ1) is 7.66. The van der Waals surface area contributed by atoms with Crippen LogP contribution in [0.15, 0.2) is 42.5 Å².